The quantitative estimate of drug-likeness (QED) is 0.161. The molecule has 12 aromatic rings. The fourth-order valence-electron chi connectivity index (χ4n) is 9.52. The van der Waals surface area contributed by atoms with Gasteiger partial charge in [0.15, 0.2) is 0 Å². The van der Waals surface area contributed by atoms with Gasteiger partial charge in [0.25, 0.3) is 0 Å². The van der Waals surface area contributed by atoms with Gasteiger partial charge in [0.2, 0.25) is 0 Å². The summed E-state index contributed by atoms with van der Waals surface area (Å²) in [7, 11) is 0. The van der Waals surface area contributed by atoms with Crippen LogP contribution in [-0.4, -0.2) is 4.57 Å². The second kappa shape index (κ2) is 14.3. The van der Waals surface area contributed by atoms with Gasteiger partial charge >= 0.3 is 0 Å². The molecule has 0 fully saturated rings. The Morgan fingerprint density at radius 3 is 1.70 bits per heavy atom. The molecule has 0 aliphatic carbocycles. The summed E-state index contributed by atoms with van der Waals surface area (Å²) in [6, 6.07) is 82.7. The van der Waals surface area contributed by atoms with Gasteiger partial charge in [-0.1, -0.05) is 176 Å². The molecule has 2 heterocycles. The van der Waals surface area contributed by atoms with E-state index in [0.29, 0.717) is 0 Å². The van der Waals surface area contributed by atoms with Crippen LogP contribution in [0.4, 0.5) is 17.1 Å². The maximum atomic E-state index is 7.03. The molecule has 0 unspecified atom stereocenters. The van der Waals surface area contributed by atoms with Crippen molar-refractivity contribution in [3.63, 3.8) is 0 Å². The first kappa shape index (κ1) is 34.9. The zero-order valence-corrected chi connectivity index (χ0v) is 33.2. The molecule has 0 amide bonds. The topological polar surface area (TPSA) is 21.3 Å². The van der Waals surface area contributed by atoms with Crippen LogP contribution in [0, 0.1) is 0 Å². The molecule has 0 radical (unpaired) electrons. The standard InChI is InChI=1S/C58H38N2O/c1-4-18-39(19-5-1)40-34-36-43(37-35-40)59(51-30-14-12-24-44(51)41-20-6-2-7-21-41)53-32-17-33-54-57(53)56-47-27-11-10-25-45(47)50(38-55(56)61-54)49-29-16-28-48-46-26-13-15-31-52(46)60(58(48)49)42-22-8-3-9-23-42/h1-38H. The van der Waals surface area contributed by atoms with Crippen molar-refractivity contribution in [1.29, 1.82) is 0 Å². The zero-order chi connectivity index (χ0) is 40.3. The molecular weight excluding hydrogens is 741 g/mol. The summed E-state index contributed by atoms with van der Waals surface area (Å²) in [5.41, 5.74) is 15.4. The average molecular weight is 779 g/mol. The highest BCUT2D eigenvalue weighted by molar-refractivity contribution is 6.27. The Balaban J connectivity index is 1.13. The summed E-state index contributed by atoms with van der Waals surface area (Å²) in [6.07, 6.45) is 0. The smallest absolute Gasteiger partial charge is 0.137 e. The molecular formula is C58H38N2O. The van der Waals surface area contributed by atoms with E-state index in [-0.39, 0.29) is 0 Å². The summed E-state index contributed by atoms with van der Waals surface area (Å²) in [6.45, 7) is 0. The molecule has 0 saturated heterocycles. The van der Waals surface area contributed by atoms with Gasteiger partial charge in [-0.15, -0.1) is 0 Å². The first-order chi connectivity index (χ1) is 30.3. The fourth-order valence-corrected chi connectivity index (χ4v) is 9.52. The highest BCUT2D eigenvalue weighted by Gasteiger charge is 2.25. The van der Waals surface area contributed by atoms with Crippen molar-refractivity contribution in [2.24, 2.45) is 0 Å². The molecule has 61 heavy (non-hydrogen) atoms. The monoisotopic (exact) mass is 778 g/mol. The Morgan fingerprint density at radius 2 is 0.918 bits per heavy atom. The maximum Gasteiger partial charge on any atom is 0.137 e. The largest absolute Gasteiger partial charge is 0.456 e. The minimum atomic E-state index is 0.842. The number of furan rings is 1. The van der Waals surface area contributed by atoms with Crippen molar-refractivity contribution in [2.45, 2.75) is 0 Å². The van der Waals surface area contributed by atoms with E-state index in [1.807, 2.05) is 0 Å². The van der Waals surface area contributed by atoms with Crippen molar-refractivity contribution < 1.29 is 4.42 Å². The Labute approximate surface area is 353 Å². The van der Waals surface area contributed by atoms with E-state index in [2.05, 4.69) is 240 Å². The minimum absolute atomic E-state index is 0.842. The van der Waals surface area contributed by atoms with Crippen molar-refractivity contribution in [1.82, 2.24) is 4.57 Å². The van der Waals surface area contributed by atoms with E-state index in [1.54, 1.807) is 0 Å². The van der Waals surface area contributed by atoms with Crippen LogP contribution >= 0.6 is 0 Å². The molecule has 0 atom stereocenters. The van der Waals surface area contributed by atoms with E-state index < -0.39 is 0 Å². The third-order valence-electron chi connectivity index (χ3n) is 12.2. The summed E-state index contributed by atoms with van der Waals surface area (Å²) >= 11 is 0. The van der Waals surface area contributed by atoms with Crippen LogP contribution < -0.4 is 4.90 Å². The predicted molar refractivity (Wildman–Crippen MR) is 257 cm³/mol. The van der Waals surface area contributed by atoms with Gasteiger partial charge in [0.1, 0.15) is 11.2 Å². The zero-order valence-electron chi connectivity index (χ0n) is 33.2. The van der Waals surface area contributed by atoms with E-state index >= 15 is 0 Å². The van der Waals surface area contributed by atoms with Gasteiger partial charge in [-0.25, -0.2) is 0 Å². The number of para-hydroxylation sites is 4. The second-order valence-corrected chi connectivity index (χ2v) is 15.6. The van der Waals surface area contributed by atoms with Gasteiger partial charge in [-0.05, 0) is 87.6 Å². The summed E-state index contributed by atoms with van der Waals surface area (Å²) < 4.78 is 9.45. The highest BCUT2D eigenvalue weighted by atomic mass is 16.3. The van der Waals surface area contributed by atoms with Crippen LogP contribution in [0.2, 0.25) is 0 Å². The van der Waals surface area contributed by atoms with Crippen LogP contribution in [0.1, 0.15) is 0 Å². The Bertz CT molecular complexity index is 3570. The lowest BCUT2D eigenvalue weighted by molar-refractivity contribution is 0.669. The van der Waals surface area contributed by atoms with Gasteiger partial charge in [-0.2, -0.15) is 0 Å². The molecule has 10 aromatic carbocycles. The number of fused-ring (bicyclic) bond motifs is 8. The first-order valence-electron chi connectivity index (χ1n) is 20.9. The average Bonchev–Trinajstić information content (AvgIpc) is 3.89. The Kier molecular flexibility index (Phi) is 8.17. The number of hydrogen-bond donors (Lipinski definition) is 0. The predicted octanol–water partition coefficient (Wildman–Crippen LogP) is 16.3. The van der Waals surface area contributed by atoms with Gasteiger partial charge in [-0.3, -0.25) is 0 Å². The number of rotatable bonds is 7. The van der Waals surface area contributed by atoms with Crippen molar-refractivity contribution in [2.75, 3.05) is 4.90 Å². The van der Waals surface area contributed by atoms with Gasteiger partial charge in [0, 0.05) is 38.7 Å². The molecule has 0 saturated carbocycles. The van der Waals surface area contributed by atoms with Crippen LogP contribution in [0.25, 0.3) is 93.6 Å². The van der Waals surface area contributed by atoms with Crippen molar-refractivity contribution in [3.8, 4) is 39.1 Å². The minimum Gasteiger partial charge on any atom is -0.456 e. The fraction of sp³-hybridized carbons (Fsp3) is 0. The molecule has 3 nitrogen and oxygen atoms in total. The van der Waals surface area contributed by atoms with E-state index in [9.17, 15) is 0 Å². The molecule has 0 aliphatic heterocycles. The molecule has 0 aliphatic rings. The Hall–Kier alpha value is -8.14. The Morgan fingerprint density at radius 1 is 0.344 bits per heavy atom. The van der Waals surface area contributed by atoms with Gasteiger partial charge in [0.05, 0.1) is 27.8 Å². The molecule has 12 rings (SSSR count). The van der Waals surface area contributed by atoms with E-state index in [0.717, 1.165) is 72.3 Å². The molecule has 0 N–H and O–H groups in total. The molecule has 2 aromatic heterocycles. The normalized spacial score (nSPS) is 11.6. The number of nitrogens with zero attached hydrogens (tertiary/aromatic N) is 2. The lowest BCUT2D eigenvalue weighted by Crippen LogP contribution is -2.11. The molecule has 0 spiro atoms. The summed E-state index contributed by atoms with van der Waals surface area (Å²) in [5.74, 6) is 0. The number of hydrogen-bond acceptors (Lipinski definition) is 2. The summed E-state index contributed by atoms with van der Waals surface area (Å²) in [5, 5.41) is 6.95. The van der Waals surface area contributed by atoms with Crippen LogP contribution in [0.3, 0.4) is 0 Å². The maximum absolute atomic E-state index is 7.03. The summed E-state index contributed by atoms with van der Waals surface area (Å²) in [4.78, 5) is 2.41. The first-order valence-corrected chi connectivity index (χ1v) is 20.9. The molecule has 286 valence electrons. The lowest BCUT2D eigenvalue weighted by Gasteiger charge is -2.28. The van der Waals surface area contributed by atoms with Gasteiger partial charge < -0.3 is 13.9 Å². The third kappa shape index (κ3) is 5.66. The van der Waals surface area contributed by atoms with Crippen LogP contribution in [0.15, 0.2) is 235 Å². The molecule has 3 heteroatoms. The lowest BCUT2D eigenvalue weighted by atomic mass is 9.93. The third-order valence-corrected chi connectivity index (χ3v) is 12.2. The number of anilines is 3. The van der Waals surface area contributed by atoms with Crippen molar-refractivity contribution in [3.05, 3.63) is 231 Å². The number of benzene rings is 10. The second-order valence-electron chi connectivity index (χ2n) is 15.6. The SMILES string of the molecule is c1ccc(-c2ccc(N(c3ccccc3-c3ccccc3)c3cccc4oc5cc(-c6cccc7c8ccccc8n(-c8ccccc8)c67)c6ccccc6c5c34)cc2)cc1. The number of aromatic nitrogens is 1. The van der Waals surface area contributed by atoms with E-state index in [1.165, 1.54) is 38.3 Å². The van der Waals surface area contributed by atoms with Crippen LogP contribution in [0.5, 0.6) is 0 Å². The molecule has 0 bridgehead atoms. The van der Waals surface area contributed by atoms with Crippen LogP contribution in [-0.2, 0) is 0 Å². The van der Waals surface area contributed by atoms with Crippen molar-refractivity contribution >= 4 is 71.6 Å². The highest BCUT2D eigenvalue weighted by Crippen LogP contribution is 2.49. The van der Waals surface area contributed by atoms with E-state index in [4.69, 9.17) is 4.42 Å².